The van der Waals surface area contributed by atoms with E-state index < -0.39 is 5.97 Å². The van der Waals surface area contributed by atoms with Crippen LogP contribution in [-0.4, -0.2) is 47.7 Å². The molecule has 0 bridgehead atoms. The first-order chi connectivity index (χ1) is 9.97. The van der Waals surface area contributed by atoms with E-state index in [0.29, 0.717) is 23.8 Å². The monoisotopic (exact) mass is 311 g/mol. The number of nitrogens with two attached hydrogens (primary N) is 1. The van der Waals surface area contributed by atoms with Crippen LogP contribution in [0.25, 0.3) is 0 Å². The average molecular weight is 312 g/mol. The van der Waals surface area contributed by atoms with Gasteiger partial charge in [0.15, 0.2) is 0 Å². The van der Waals surface area contributed by atoms with Gasteiger partial charge in [0, 0.05) is 29.8 Å². The third kappa shape index (κ3) is 4.09. The van der Waals surface area contributed by atoms with E-state index in [1.54, 1.807) is 29.2 Å². The van der Waals surface area contributed by atoms with Gasteiger partial charge < -0.3 is 15.7 Å². The molecule has 2 rings (SSSR count). The fourth-order valence-electron chi connectivity index (χ4n) is 2.29. The molecule has 6 nitrogen and oxygen atoms in total. The van der Waals surface area contributed by atoms with Crippen LogP contribution in [0.4, 0.5) is 10.5 Å². The molecule has 2 amide bonds. The average Bonchev–Trinajstić information content (AvgIpc) is 2.46. The standard InChI is InChI=1S/C14H18ClN3O3/c15-10-1-3-12(4-2-10)18(9-13(19)20)14(21)17-7-5-11(16)6-8-17/h1-4,11H,5-9,16H2,(H,19,20). The zero-order valence-corrected chi connectivity index (χ0v) is 12.3. The normalized spacial score (nSPS) is 15.8. The van der Waals surface area contributed by atoms with E-state index in [1.165, 1.54) is 4.90 Å². The Morgan fingerprint density at radius 2 is 1.86 bits per heavy atom. The summed E-state index contributed by atoms with van der Waals surface area (Å²) in [7, 11) is 0. The number of urea groups is 1. The van der Waals surface area contributed by atoms with Gasteiger partial charge in [-0.1, -0.05) is 11.6 Å². The molecule has 0 saturated carbocycles. The molecule has 0 aliphatic carbocycles. The molecule has 3 N–H and O–H groups in total. The molecule has 1 aliphatic rings. The van der Waals surface area contributed by atoms with Gasteiger partial charge in [-0.3, -0.25) is 9.69 Å². The van der Waals surface area contributed by atoms with Gasteiger partial charge in [-0.15, -0.1) is 0 Å². The number of likely N-dealkylation sites (tertiary alicyclic amines) is 1. The van der Waals surface area contributed by atoms with E-state index in [1.807, 2.05) is 0 Å². The summed E-state index contributed by atoms with van der Waals surface area (Å²) < 4.78 is 0. The fourth-order valence-corrected chi connectivity index (χ4v) is 2.41. The summed E-state index contributed by atoms with van der Waals surface area (Å²) in [6.45, 7) is 0.705. The van der Waals surface area contributed by atoms with E-state index >= 15 is 0 Å². The van der Waals surface area contributed by atoms with Crippen LogP contribution in [0.2, 0.25) is 5.02 Å². The Morgan fingerprint density at radius 1 is 1.29 bits per heavy atom. The highest BCUT2D eigenvalue weighted by molar-refractivity contribution is 6.30. The minimum Gasteiger partial charge on any atom is -0.480 e. The van der Waals surface area contributed by atoms with Crippen molar-refractivity contribution >= 4 is 29.3 Å². The summed E-state index contributed by atoms with van der Waals surface area (Å²) >= 11 is 5.82. The van der Waals surface area contributed by atoms with Gasteiger partial charge in [-0.05, 0) is 37.1 Å². The topological polar surface area (TPSA) is 86.9 Å². The maximum absolute atomic E-state index is 12.5. The van der Waals surface area contributed by atoms with Gasteiger partial charge in [-0.25, -0.2) is 4.79 Å². The minimum absolute atomic E-state index is 0.109. The number of hydrogen-bond donors (Lipinski definition) is 2. The van der Waals surface area contributed by atoms with Crippen LogP contribution in [0.15, 0.2) is 24.3 Å². The number of hydrogen-bond acceptors (Lipinski definition) is 3. The maximum atomic E-state index is 12.5. The first kappa shape index (κ1) is 15.6. The van der Waals surface area contributed by atoms with Crippen LogP contribution in [0.1, 0.15) is 12.8 Å². The minimum atomic E-state index is -1.06. The van der Waals surface area contributed by atoms with Crippen molar-refractivity contribution in [3.05, 3.63) is 29.3 Å². The number of halogens is 1. The number of nitrogens with zero attached hydrogens (tertiary/aromatic N) is 2. The van der Waals surface area contributed by atoms with Crippen molar-refractivity contribution in [2.45, 2.75) is 18.9 Å². The van der Waals surface area contributed by atoms with Gasteiger partial charge in [0.1, 0.15) is 6.54 Å². The lowest BCUT2D eigenvalue weighted by atomic mass is 10.1. The predicted octanol–water partition coefficient (Wildman–Crippen LogP) is 1.77. The van der Waals surface area contributed by atoms with Gasteiger partial charge in [0.05, 0.1) is 0 Å². The zero-order valence-electron chi connectivity index (χ0n) is 11.5. The molecule has 7 heteroatoms. The number of carbonyl (C=O) groups is 2. The quantitative estimate of drug-likeness (QED) is 0.890. The van der Waals surface area contributed by atoms with Crippen LogP contribution in [-0.2, 0) is 4.79 Å². The predicted molar refractivity (Wildman–Crippen MR) is 80.6 cm³/mol. The Balaban J connectivity index is 2.17. The number of benzene rings is 1. The van der Waals surface area contributed by atoms with Crippen molar-refractivity contribution in [3.63, 3.8) is 0 Å². The van der Waals surface area contributed by atoms with Crippen molar-refractivity contribution in [3.8, 4) is 0 Å². The van der Waals surface area contributed by atoms with Crippen molar-refractivity contribution < 1.29 is 14.7 Å². The summed E-state index contributed by atoms with van der Waals surface area (Å²) in [6, 6.07) is 6.33. The SMILES string of the molecule is NC1CCN(C(=O)N(CC(=O)O)c2ccc(Cl)cc2)CC1. The van der Waals surface area contributed by atoms with Crippen LogP contribution in [0.5, 0.6) is 0 Å². The second kappa shape index (κ2) is 6.78. The highest BCUT2D eigenvalue weighted by atomic mass is 35.5. The molecule has 1 saturated heterocycles. The molecule has 0 aromatic heterocycles. The molecular weight excluding hydrogens is 294 g/mol. The number of amides is 2. The van der Waals surface area contributed by atoms with Crippen LogP contribution in [0.3, 0.4) is 0 Å². The van der Waals surface area contributed by atoms with Gasteiger partial charge in [-0.2, -0.15) is 0 Å². The second-order valence-corrected chi connectivity index (χ2v) is 5.50. The lowest BCUT2D eigenvalue weighted by Gasteiger charge is -2.34. The Hall–Kier alpha value is -1.79. The van der Waals surface area contributed by atoms with Crippen molar-refractivity contribution in [2.24, 2.45) is 5.73 Å². The number of carboxylic acid groups (broad SMARTS) is 1. The summed E-state index contributed by atoms with van der Waals surface area (Å²) in [5.74, 6) is -1.06. The van der Waals surface area contributed by atoms with Crippen molar-refractivity contribution in [2.75, 3.05) is 24.5 Å². The molecular formula is C14H18ClN3O3. The van der Waals surface area contributed by atoms with Crippen LogP contribution in [0, 0.1) is 0 Å². The molecule has 1 aromatic carbocycles. The Kier molecular flexibility index (Phi) is 5.03. The second-order valence-electron chi connectivity index (χ2n) is 5.06. The van der Waals surface area contributed by atoms with E-state index in [9.17, 15) is 9.59 Å². The largest absolute Gasteiger partial charge is 0.480 e. The number of rotatable bonds is 3. The summed E-state index contributed by atoms with van der Waals surface area (Å²) in [5.41, 5.74) is 6.34. The summed E-state index contributed by atoms with van der Waals surface area (Å²) in [4.78, 5) is 26.5. The Morgan fingerprint density at radius 3 is 2.38 bits per heavy atom. The maximum Gasteiger partial charge on any atom is 0.325 e. The van der Waals surface area contributed by atoms with Crippen molar-refractivity contribution in [1.82, 2.24) is 4.90 Å². The van der Waals surface area contributed by atoms with E-state index in [-0.39, 0.29) is 18.6 Å². The lowest BCUT2D eigenvalue weighted by Crippen LogP contribution is -2.50. The highest BCUT2D eigenvalue weighted by Gasteiger charge is 2.27. The van der Waals surface area contributed by atoms with Crippen molar-refractivity contribution in [1.29, 1.82) is 0 Å². The third-order valence-corrected chi connectivity index (χ3v) is 3.72. The molecule has 0 spiro atoms. The fraction of sp³-hybridized carbons (Fsp3) is 0.429. The first-order valence-electron chi connectivity index (χ1n) is 6.77. The number of piperidine rings is 1. The lowest BCUT2D eigenvalue weighted by molar-refractivity contribution is -0.135. The molecule has 21 heavy (non-hydrogen) atoms. The van der Waals surface area contributed by atoms with E-state index in [0.717, 1.165) is 12.8 Å². The molecule has 1 fully saturated rings. The molecule has 0 radical (unpaired) electrons. The highest BCUT2D eigenvalue weighted by Crippen LogP contribution is 2.20. The smallest absolute Gasteiger partial charge is 0.325 e. The van der Waals surface area contributed by atoms with Gasteiger partial charge in [0.25, 0.3) is 0 Å². The summed E-state index contributed by atoms with van der Waals surface area (Å²) in [5, 5.41) is 9.56. The number of anilines is 1. The molecule has 114 valence electrons. The van der Waals surface area contributed by atoms with Crippen LogP contribution < -0.4 is 10.6 Å². The molecule has 1 aliphatic heterocycles. The first-order valence-corrected chi connectivity index (χ1v) is 7.14. The van der Waals surface area contributed by atoms with E-state index in [4.69, 9.17) is 22.4 Å². The molecule has 0 atom stereocenters. The number of aliphatic carboxylic acids is 1. The molecule has 1 aromatic rings. The third-order valence-electron chi connectivity index (χ3n) is 3.47. The van der Waals surface area contributed by atoms with Gasteiger partial charge >= 0.3 is 12.0 Å². The molecule has 1 heterocycles. The Bertz CT molecular complexity index is 513. The zero-order chi connectivity index (χ0) is 15.4. The number of carboxylic acids is 1. The van der Waals surface area contributed by atoms with Crippen LogP contribution >= 0.6 is 11.6 Å². The number of carbonyl (C=O) groups excluding carboxylic acids is 1. The summed E-state index contributed by atoms with van der Waals surface area (Å²) in [6.07, 6.45) is 1.46. The Labute approximate surface area is 128 Å². The molecule has 0 unspecified atom stereocenters. The van der Waals surface area contributed by atoms with E-state index in [2.05, 4.69) is 0 Å². The van der Waals surface area contributed by atoms with Gasteiger partial charge in [0.2, 0.25) is 0 Å².